The average molecular weight is 419 g/mol. The molecule has 0 spiro atoms. The summed E-state index contributed by atoms with van der Waals surface area (Å²) in [6.07, 6.45) is 0. The quantitative estimate of drug-likeness (QED) is 0.630. The third-order valence-corrected chi connectivity index (χ3v) is 6.41. The highest BCUT2D eigenvalue weighted by Crippen LogP contribution is 2.42. The lowest BCUT2D eigenvalue weighted by atomic mass is 9.98. The summed E-state index contributed by atoms with van der Waals surface area (Å²) < 4.78 is 19.8. The summed E-state index contributed by atoms with van der Waals surface area (Å²) in [5.41, 5.74) is 8.67. The van der Waals surface area contributed by atoms with E-state index in [4.69, 9.17) is 17.3 Å². The van der Waals surface area contributed by atoms with Gasteiger partial charge >= 0.3 is 0 Å². The Labute approximate surface area is 171 Å². The van der Waals surface area contributed by atoms with Gasteiger partial charge in [0.2, 0.25) is 5.91 Å². The summed E-state index contributed by atoms with van der Waals surface area (Å²) in [7, 11) is 0. The molecule has 28 heavy (non-hydrogen) atoms. The predicted molar refractivity (Wildman–Crippen MR) is 114 cm³/mol. The van der Waals surface area contributed by atoms with Crippen LogP contribution in [-0.4, -0.2) is 41.4 Å². The number of nitrogens with zero attached hydrogens (tertiary/aromatic N) is 3. The Morgan fingerprint density at radius 3 is 2.64 bits per heavy atom. The molecule has 146 valence electrons. The van der Waals surface area contributed by atoms with Crippen LogP contribution in [0, 0.1) is 12.7 Å². The van der Waals surface area contributed by atoms with E-state index in [9.17, 15) is 4.79 Å². The van der Waals surface area contributed by atoms with Gasteiger partial charge in [-0.05, 0) is 47.8 Å². The molecule has 0 radical (unpaired) electrons. The molecule has 1 aliphatic heterocycles. The molecule has 8 heteroatoms. The van der Waals surface area contributed by atoms with Crippen molar-refractivity contribution in [2.45, 2.75) is 13.8 Å². The van der Waals surface area contributed by atoms with Crippen molar-refractivity contribution in [3.63, 3.8) is 0 Å². The second-order valence-electron chi connectivity index (χ2n) is 7.00. The van der Waals surface area contributed by atoms with E-state index in [0.717, 1.165) is 10.6 Å². The average Bonchev–Trinajstić information content (AvgIpc) is 3.08. The number of aromatic nitrogens is 1. The van der Waals surface area contributed by atoms with Gasteiger partial charge in [-0.2, -0.15) is 4.37 Å². The van der Waals surface area contributed by atoms with Crippen molar-refractivity contribution in [3.8, 4) is 11.1 Å². The first kappa shape index (κ1) is 19.0. The zero-order valence-electron chi connectivity index (χ0n) is 15.6. The number of aryl methyl sites for hydroxylation is 1. The Morgan fingerprint density at radius 2 is 1.96 bits per heavy atom. The number of benzene rings is 2. The number of nitrogen functional groups attached to an aromatic ring is 1. The predicted octanol–water partition coefficient (Wildman–Crippen LogP) is 4.31. The van der Waals surface area contributed by atoms with Crippen LogP contribution in [0.3, 0.4) is 0 Å². The largest absolute Gasteiger partial charge is 0.399 e. The van der Waals surface area contributed by atoms with E-state index in [1.165, 1.54) is 11.5 Å². The molecule has 1 fully saturated rings. The van der Waals surface area contributed by atoms with E-state index >= 15 is 4.39 Å². The Kier molecular flexibility index (Phi) is 4.89. The molecule has 0 bridgehead atoms. The summed E-state index contributed by atoms with van der Waals surface area (Å²) >= 11 is 7.79. The van der Waals surface area contributed by atoms with Gasteiger partial charge in [0.15, 0.2) is 5.82 Å². The second-order valence-corrected chi connectivity index (χ2v) is 8.16. The number of fused-ring (bicyclic) bond motifs is 1. The Bertz CT molecular complexity index is 1080. The normalized spacial score (nSPS) is 14.7. The van der Waals surface area contributed by atoms with E-state index in [1.54, 1.807) is 25.1 Å². The van der Waals surface area contributed by atoms with Crippen molar-refractivity contribution in [3.05, 3.63) is 40.7 Å². The molecule has 5 nitrogen and oxygen atoms in total. The van der Waals surface area contributed by atoms with Gasteiger partial charge in [0, 0.05) is 49.7 Å². The lowest BCUT2D eigenvalue weighted by Crippen LogP contribution is -2.47. The minimum Gasteiger partial charge on any atom is -0.399 e. The maximum absolute atomic E-state index is 15.4. The lowest BCUT2D eigenvalue weighted by Gasteiger charge is -2.34. The van der Waals surface area contributed by atoms with Crippen molar-refractivity contribution in [2.75, 3.05) is 36.8 Å². The molecule has 1 aromatic heterocycles. The molecular formula is C20H20ClFN4OS. The molecule has 1 saturated heterocycles. The molecule has 2 N–H and O–H groups in total. The smallest absolute Gasteiger partial charge is 0.219 e. The van der Waals surface area contributed by atoms with Crippen molar-refractivity contribution in [1.82, 2.24) is 9.27 Å². The first-order valence-electron chi connectivity index (χ1n) is 9.01. The first-order chi connectivity index (χ1) is 13.4. The van der Waals surface area contributed by atoms with Gasteiger partial charge in [-0.25, -0.2) is 4.39 Å². The fourth-order valence-corrected chi connectivity index (χ4v) is 4.81. The van der Waals surface area contributed by atoms with Crippen LogP contribution in [0.5, 0.6) is 0 Å². The van der Waals surface area contributed by atoms with Crippen LogP contribution in [0.15, 0.2) is 24.3 Å². The van der Waals surface area contributed by atoms with E-state index in [1.807, 2.05) is 17.9 Å². The fraction of sp³-hybridized carbons (Fsp3) is 0.300. The minimum atomic E-state index is -0.430. The lowest BCUT2D eigenvalue weighted by molar-refractivity contribution is -0.129. The van der Waals surface area contributed by atoms with Crippen LogP contribution in [0.4, 0.5) is 15.1 Å². The number of piperazine rings is 1. The summed E-state index contributed by atoms with van der Waals surface area (Å²) in [5, 5.41) is 1.92. The van der Waals surface area contributed by atoms with Crippen LogP contribution < -0.4 is 10.6 Å². The molecule has 0 saturated carbocycles. The van der Waals surface area contributed by atoms with Gasteiger partial charge in [0.05, 0.1) is 5.02 Å². The number of nitrogens with two attached hydrogens (primary N) is 1. The number of carbonyl (C=O) groups is 1. The summed E-state index contributed by atoms with van der Waals surface area (Å²) in [5.74, 6) is -0.355. The van der Waals surface area contributed by atoms with Crippen LogP contribution in [0.25, 0.3) is 22.0 Å². The molecule has 2 aromatic carbocycles. The number of rotatable bonds is 2. The first-order valence-corrected chi connectivity index (χ1v) is 10.2. The number of hydrogen-bond donors (Lipinski definition) is 1. The Balaban J connectivity index is 1.76. The van der Waals surface area contributed by atoms with E-state index < -0.39 is 5.82 Å². The maximum atomic E-state index is 15.4. The maximum Gasteiger partial charge on any atom is 0.219 e. The zero-order valence-corrected chi connectivity index (χ0v) is 17.2. The molecule has 0 aliphatic carbocycles. The van der Waals surface area contributed by atoms with Crippen molar-refractivity contribution in [1.29, 1.82) is 0 Å². The molecule has 1 aliphatic rings. The number of anilines is 2. The third-order valence-electron chi connectivity index (χ3n) is 5.19. The van der Waals surface area contributed by atoms with Crippen LogP contribution >= 0.6 is 23.1 Å². The molecule has 0 unspecified atom stereocenters. The fourth-order valence-electron chi connectivity index (χ4n) is 3.61. The van der Waals surface area contributed by atoms with Gasteiger partial charge in [-0.15, -0.1) is 0 Å². The van der Waals surface area contributed by atoms with Crippen molar-refractivity contribution < 1.29 is 9.18 Å². The van der Waals surface area contributed by atoms with Crippen LogP contribution in [-0.2, 0) is 4.79 Å². The van der Waals surface area contributed by atoms with E-state index in [-0.39, 0.29) is 5.91 Å². The highest BCUT2D eigenvalue weighted by Gasteiger charge is 2.25. The Hall–Kier alpha value is -2.38. The SMILES string of the molecule is CC(=O)N1CCN(c2snc3c(F)c(-c4cc(N)ccc4C)c(Cl)cc23)CC1. The van der Waals surface area contributed by atoms with E-state index in [0.29, 0.717) is 58.9 Å². The standard InChI is InChI=1S/C20H20ClFN4OS/c1-11-3-4-13(23)9-14(11)17-16(21)10-15-19(18(17)22)24-28-20(15)26-7-5-25(6-8-26)12(2)27/h3-4,9-10H,5-8,23H2,1-2H3. The summed E-state index contributed by atoms with van der Waals surface area (Å²) in [4.78, 5) is 15.5. The third kappa shape index (κ3) is 3.18. The zero-order chi connectivity index (χ0) is 20.0. The van der Waals surface area contributed by atoms with E-state index in [2.05, 4.69) is 9.27 Å². The molecule has 1 amide bonds. The number of carbonyl (C=O) groups excluding carboxylic acids is 1. The van der Waals surface area contributed by atoms with Crippen LogP contribution in [0.2, 0.25) is 5.02 Å². The van der Waals surface area contributed by atoms with Crippen LogP contribution in [0.1, 0.15) is 12.5 Å². The van der Waals surface area contributed by atoms with Gasteiger partial charge < -0.3 is 15.5 Å². The van der Waals surface area contributed by atoms with Gasteiger partial charge in [-0.3, -0.25) is 4.79 Å². The molecule has 2 heterocycles. The van der Waals surface area contributed by atoms with Crippen molar-refractivity contribution in [2.24, 2.45) is 0 Å². The molecule has 3 aromatic rings. The summed E-state index contributed by atoms with van der Waals surface area (Å²) in [6.45, 7) is 6.14. The van der Waals surface area contributed by atoms with Crippen molar-refractivity contribution >= 4 is 50.6 Å². The van der Waals surface area contributed by atoms with Gasteiger partial charge in [-0.1, -0.05) is 17.7 Å². The minimum absolute atomic E-state index is 0.0741. The topological polar surface area (TPSA) is 62.5 Å². The Morgan fingerprint density at radius 1 is 1.25 bits per heavy atom. The number of hydrogen-bond acceptors (Lipinski definition) is 5. The molecular weight excluding hydrogens is 399 g/mol. The highest BCUT2D eigenvalue weighted by molar-refractivity contribution is 7.11. The highest BCUT2D eigenvalue weighted by atomic mass is 35.5. The monoisotopic (exact) mass is 418 g/mol. The number of halogens is 2. The second kappa shape index (κ2) is 7.22. The summed E-state index contributed by atoms with van der Waals surface area (Å²) in [6, 6.07) is 7.16. The van der Waals surface area contributed by atoms with Gasteiger partial charge in [0.1, 0.15) is 10.5 Å². The van der Waals surface area contributed by atoms with Gasteiger partial charge in [0.25, 0.3) is 0 Å². The number of amides is 1. The molecule has 0 atom stereocenters. The molecule has 4 rings (SSSR count).